The van der Waals surface area contributed by atoms with Gasteiger partial charge in [0.05, 0.1) is 0 Å². The van der Waals surface area contributed by atoms with Gasteiger partial charge in [-0.25, -0.2) is 4.79 Å². The molecule has 1 N–H and O–H groups in total. The smallest absolute Gasteiger partial charge is 0.334 e. The summed E-state index contributed by atoms with van der Waals surface area (Å²) in [6.07, 6.45) is 10.6. The average molecular weight is 343 g/mol. The van der Waals surface area contributed by atoms with Crippen molar-refractivity contribution in [3.8, 4) is 5.75 Å². The molecule has 2 aliphatic rings. The van der Waals surface area contributed by atoms with Crippen LogP contribution in [-0.4, -0.2) is 17.9 Å². The summed E-state index contributed by atoms with van der Waals surface area (Å²) in [5.74, 6) is 0.883. The Hall–Kier alpha value is -1.84. The van der Waals surface area contributed by atoms with Crippen molar-refractivity contribution in [3.63, 3.8) is 0 Å². The van der Waals surface area contributed by atoms with Crippen LogP contribution >= 0.6 is 0 Å². The summed E-state index contributed by atoms with van der Waals surface area (Å²) >= 11 is 0. The van der Waals surface area contributed by atoms with Crippen molar-refractivity contribution in [2.75, 3.05) is 0 Å². The van der Waals surface area contributed by atoms with Crippen LogP contribution in [0.15, 0.2) is 24.3 Å². The highest BCUT2D eigenvalue weighted by Gasteiger charge is 2.32. The van der Waals surface area contributed by atoms with E-state index < -0.39 is 6.04 Å². The Balaban J connectivity index is 1.62. The van der Waals surface area contributed by atoms with Gasteiger partial charge in [0.1, 0.15) is 11.8 Å². The Morgan fingerprint density at radius 3 is 2.16 bits per heavy atom. The number of hydrogen-bond donors (Lipinski definition) is 1. The first-order valence-corrected chi connectivity index (χ1v) is 9.72. The summed E-state index contributed by atoms with van der Waals surface area (Å²) < 4.78 is 5.58. The SMILES string of the molecule is CC(=O)NC(C(=O)Oc1ccc(C2CCCCC2)cc1)C1CCCC1. The third-order valence-electron chi connectivity index (χ3n) is 5.66. The number of carbonyl (C=O) groups excluding carboxylic acids is 2. The number of rotatable bonds is 5. The Morgan fingerprint density at radius 2 is 1.56 bits per heavy atom. The summed E-state index contributed by atoms with van der Waals surface area (Å²) in [5.41, 5.74) is 1.34. The summed E-state index contributed by atoms with van der Waals surface area (Å²) in [7, 11) is 0. The Bertz CT molecular complexity index is 584. The van der Waals surface area contributed by atoms with E-state index in [-0.39, 0.29) is 17.8 Å². The maximum absolute atomic E-state index is 12.6. The second-order valence-electron chi connectivity index (χ2n) is 7.55. The van der Waals surface area contributed by atoms with Crippen molar-refractivity contribution < 1.29 is 14.3 Å². The fourth-order valence-corrected chi connectivity index (χ4v) is 4.30. The first kappa shape index (κ1) is 18.0. The maximum Gasteiger partial charge on any atom is 0.334 e. The fourth-order valence-electron chi connectivity index (χ4n) is 4.30. The monoisotopic (exact) mass is 343 g/mol. The number of esters is 1. The predicted molar refractivity (Wildman–Crippen MR) is 97.5 cm³/mol. The van der Waals surface area contributed by atoms with Gasteiger partial charge in [-0.1, -0.05) is 44.2 Å². The van der Waals surface area contributed by atoms with Gasteiger partial charge in [0.2, 0.25) is 5.91 Å². The summed E-state index contributed by atoms with van der Waals surface area (Å²) in [6, 6.07) is 7.42. The first-order chi connectivity index (χ1) is 12.1. The molecule has 1 unspecified atom stereocenters. The summed E-state index contributed by atoms with van der Waals surface area (Å²) in [6.45, 7) is 1.45. The van der Waals surface area contributed by atoms with E-state index in [4.69, 9.17) is 4.74 Å². The molecule has 0 saturated heterocycles. The van der Waals surface area contributed by atoms with Gasteiger partial charge < -0.3 is 10.1 Å². The molecule has 0 bridgehead atoms. The first-order valence-electron chi connectivity index (χ1n) is 9.72. The van der Waals surface area contributed by atoms with E-state index in [2.05, 4.69) is 17.4 Å². The molecular formula is C21H29NO3. The van der Waals surface area contributed by atoms with Gasteiger partial charge in [0.15, 0.2) is 0 Å². The average Bonchev–Trinajstić information content (AvgIpc) is 3.15. The molecule has 0 aromatic heterocycles. The molecule has 1 amide bonds. The van der Waals surface area contributed by atoms with E-state index >= 15 is 0 Å². The van der Waals surface area contributed by atoms with E-state index in [0.717, 1.165) is 25.7 Å². The minimum absolute atomic E-state index is 0.179. The largest absolute Gasteiger partial charge is 0.425 e. The van der Waals surface area contributed by atoms with Crippen molar-refractivity contribution in [2.45, 2.75) is 76.7 Å². The molecule has 136 valence electrons. The van der Waals surface area contributed by atoms with Crippen LogP contribution in [0, 0.1) is 5.92 Å². The third kappa shape index (κ3) is 4.83. The molecule has 25 heavy (non-hydrogen) atoms. The lowest BCUT2D eigenvalue weighted by molar-refractivity contribution is -0.140. The molecule has 3 rings (SSSR count). The molecule has 4 nitrogen and oxygen atoms in total. The quantitative estimate of drug-likeness (QED) is 0.639. The summed E-state index contributed by atoms with van der Waals surface area (Å²) in [4.78, 5) is 24.1. The van der Waals surface area contributed by atoms with Crippen molar-refractivity contribution in [1.82, 2.24) is 5.32 Å². The van der Waals surface area contributed by atoms with Crippen LogP contribution in [0.4, 0.5) is 0 Å². The molecule has 2 fully saturated rings. The maximum atomic E-state index is 12.6. The van der Waals surface area contributed by atoms with Crippen molar-refractivity contribution >= 4 is 11.9 Å². The zero-order valence-corrected chi connectivity index (χ0v) is 15.1. The van der Waals surface area contributed by atoms with E-state index in [0.29, 0.717) is 11.7 Å². The molecule has 2 saturated carbocycles. The standard InChI is InChI=1S/C21H29NO3/c1-15(23)22-20(18-9-5-6-10-18)21(24)25-19-13-11-17(12-14-19)16-7-3-2-4-8-16/h11-14,16,18,20H,2-10H2,1H3,(H,22,23). The van der Waals surface area contributed by atoms with E-state index in [1.54, 1.807) is 0 Å². The summed E-state index contributed by atoms with van der Waals surface area (Å²) in [5, 5.41) is 2.79. The van der Waals surface area contributed by atoms with Gasteiger partial charge in [-0.2, -0.15) is 0 Å². The van der Waals surface area contributed by atoms with E-state index in [9.17, 15) is 9.59 Å². The van der Waals surface area contributed by atoms with Crippen LogP contribution in [0.5, 0.6) is 5.75 Å². The number of nitrogens with one attached hydrogen (secondary N) is 1. The van der Waals surface area contributed by atoms with Crippen LogP contribution in [0.2, 0.25) is 0 Å². The molecule has 4 heteroatoms. The molecule has 0 heterocycles. The lowest BCUT2D eigenvalue weighted by Crippen LogP contribution is -2.46. The highest BCUT2D eigenvalue weighted by molar-refractivity contribution is 5.84. The molecule has 0 spiro atoms. The molecule has 1 atom stereocenters. The van der Waals surface area contributed by atoms with Crippen LogP contribution in [0.1, 0.15) is 76.2 Å². The van der Waals surface area contributed by atoms with Crippen LogP contribution in [0.25, 0.3) is 0 Å². The zero-order chi connectivity index (χ0) is 17.6. The lowest BCUT2D eigenvalue weighted by atomic mass is 9.84. The minimum Gasteiger partial charge on any atom is -0.425 e. The van der Waals surface area contributed by atoms with Crippen molar-refractivity contribution in [1.29, 1.82) is 0 Å². The molecule has 1 aromatic rings. The molecule has 2 aliphatic carbocycles. The van der Waals surface area contributed by atoms with E-state index in [1.807, 2.05) is 12.1 Å². The number of hydrogen-bond acceptors (Lipinski definition) is 3. The zero-order valence-electron chi connectivity index (χ0n) is 15.1. The topological polar surface area (TPSA) is 55.4 Å². The van der Waals surface area contributed by atoms with Gasteiger partial charge in [-0.15, -0.1) is 0 Å². The number of amides is 1. The van der Waals surface area contributed by atoms with Crippen molar-refractivity contribution in [3.05, 3.63) is 29.8 Å². The Morgan fingerprint density at radius 1 is 0.960 bits per heavy atom. The van der Waals surface area contributed by atoms with Crippen molar-refractivity contribution in [2.24, 2.45) is 5.92 Å². The Labute approximate surface area is 150 Å². The van der Waals surface area contributed by atoms with Crippen LogP contribution in [-0.2, 0) is 9.59 Å². The van der Waals surface area contributed by atoms with Crippen LogP contribution < -0.4 is 10.1 Å². The predicted octanol–water partition coefficient (Wildman–Crippen LogP) is 4.33. The number of carbonyl (C=O) groups is 2. The Kier molecular flexibility index (Phi) is 6.11. The number of benzene rings is 1. The molecular weight excluding hydrogens is 314 g/mol. The third-order valence-corrected chi connectivity index (χ3v) is 5.66. The lowest BCUT2D eigenvalue weighted by Gasteiger charge is -2.23. The number of ether oxygens (including phenoxy) is 1. The fraction of sp³-hybridized carbons (Fsp3) is 0.619. The molecule has 0 aliphatic heterocycles. The second-order valence-corrected chi connectivity index (χ2v) is 7.55. The molecule has 0 radical (unpaired) electrons. The normalized spacial score (nSPS) is 20.2. The van der Waals surface area contributed by atoms with Gasteiger partial charge >= 0.3 is 5.97 Å². The minimum atomic E-state index is -0.530. The van der Waals surface area contributed by atoms with Gasteiger partial charge in [-0.05, 0) is 55.2 Å². The van der Waals surface area contributed by atoms with Crippen LogP contribution in [0.3, 0.4) is 0 Å². The van der Waals surface area contributed by atoms with Gasteiger partial charge in [0.25, 0.3) is 0 Å². The highest BCUT2D eigenvalue weighted by atomic mass is 16.5. The highest BCUT2D eigenvalue weighted by Crippen LogP contribution is 2.33. The van der Waals surface area contributed by atoms with Gasteiger partial charge in [-0.3, -0.25) is 4.79 Å². The van der Waals surface area contributed by atoms with Gasteiger partial charge in [0, 0.05) is 6.92 Å². The second kappa shape index (κ2) is 8.50. The molecule has 1 aromatic carbocycles. The van der Waals surface area contributed by atoms with E-state index in [1.165, 1.54) is 44.6 Å².